The third kappa shape index (κ3) is 2.84. The van der Waals surface area contributed by atoms with E-state index in [-0.39, 0.29) is 6.29 Å². The third-order valence-corrected chi connectivity index (χ3v) is 4.30. The highest BCUT2D eigenvalue weighted by Gasteiger charge is 2.24. The summed E-state index contributed by atoms with van der Waals surface area (Å²) < 4.78 is 13.1. The lowest BCUT2D eigenvalue weighted by Gasteiger charge is -2.12. The van der Waals surface area contributed by atoms with Gasteiger partial charge in [0.1, 0.15) is 5.69 Å². The van der Waals surface area contributed by atoms with Gasteiger partial charge in [-0.1, -0.05) is 6.92 Å². The maximum absolute atomic E-state index is 5.56. The van der Waals surface area contributed by atoms with Gasteiger partial charge in [-0.3, -0.25) is 4.98 Å². The van der Waals surface area contributed by atoms with E-state index in [4.69, 9.17) is 9.47 Å². The van der Waals surface area contributed by atoms with Crippen molar-refractivity contribution < 1.29 is 9.47 Å². The zero-order valence-corrected chi connectivity index (χ0v) is 13.3. The number of imidazole rings is 1. The van der Waals surface area contributed by atoms with E-state index in [1.807, 2.05) is 24.0 Å². The number of hydrogen-bond acceptors (Lipinski definition) is 5. The zero-order chi connectivity index (χ0) is 14.8. The van der Waals surface area contributed by atoms with Crippen LogP contribution in [0.15, 0.2) is 23.4 Å². The van der Waals surface area contributed by atoms with Crippen LogP contribution in [0.4, 0.5) is 0 Å². The van der Waals surface area contributed by atoms with Crippen LogP contribution in [-0.2, 0) is 16.5 Å². The van der Waals surface area contributed by atoms with Crippen LogP contribution in [0.1, 0.15) is 24.5 Å². The van der Waals surface area contributed by atoms with Gasteiger partial charge in [-0.15, -0.1) is 11.8 Å². The number of aromatic nitrogens is 3. The zero-order valence-electron chi connectivity index (χ0n) is 12.5. The van der Waals surface area contributed by atoms with Crippen molar-refractivity contribution in [2.45, 2.75) is 25.0 Å². The summed E-state index contributed by atoms with van der Waals surface area (Å²) in [6, 6.07) is 2.16. The second kappa shape index (κ2) is 6.17. The molecule has 1 aliphatic heterocycles. The van der Waals surface area contributed by atoms with Gasteiger partial charge in [-0.05, 0) is 24.3 Å². The van der Waals surface area contributed by atoms with Crippen LogP contribution in [-0.4, -0.2) is 33.5 Å². The lowest BCUT2D eigenvalue weighted by atomic mass is 10.2. The van der Waals surface area contributed by atoms with E-state index in [2.05, 4.69) is 29.9 Å². The fraction of sp³-hybridized carbons (Fsp3) is 0.467. The molecule has 1 fully saturated rings. The molecule has 0 bridgehead atoms. The first kappa shape index (κ1) is 14.6. The Labute approximate surface area is 128 Å². The third-order valence-electron chi connectivity index (χ3n) is 3.39. The molecule has 1 aliphatic rings. The van der Waals surface area contributed by atoms with Gasteiger partial charge in [0.25, 0.3) is 0 Å². The largest absolute Gasteiger partial charge is 0.345 e. The Morgan fingerprint density at radius 2 is 2.05 bits per heavy atom. The number of aryl methyl sites for hydroxylation is 1. The Balaban J connectivity index is 2.00. The summed E-state index contributed by atoms with van der Waals surface area (Å²) >= 11 is 1.78. The first-order chi connectivity index (χ1) is 10.2. The lowest BCUT2D eigenvalue weighted by molar-refractivity contribution is -0.0491. The molecule has 2 aromatic rings. The van der Waals surface area contributed by atoms with E-state index >= 15 is 0 Å². The topological polar surface area (TPSA) is 49.2 Å². The molecular formula is C15H19N3O2S. The summed E-state index contributed by atoms with van der Waals surface area (Å²) in [5, 5.41) is 0. The van der Waals surface area contributed by atoms with Crippen molar-refractivity contribution in [2.24, 2.45) is 7.05 Å². The molecule has 21 heavy (non-hydrogen) atoms. The molecule has 0 atom stereocenters. The smallest absolute Gasteiger partial charge is 0.200 e. The van der Waals surface area contributed by atoms with Crippen LogP contribution in [0.25, 0.3) is 11.5 Å². The molecule has 0 amide bonds. The van der Waals surface area contributed by atoms with Crippen molar-refractivity contribution in [3.05, 3.63) is 29.7 Å². The molecule has 6 heteroatoms. The Morgan fingerprint density at radius 1 is 1.29 bits per heavy atom. The Morgan fingerprint density at radius 3 is 2.76 bits per heavy atom. The summed E-state index contributed by atoms with van der Waals surface area (Å²) in [6.07, 6.45) is 3.38. The first-order valence-electron chi connectivity index (χ1n) is 7.05. The molecular weight excluding hydrogens is 286 g/mol. The van der Waals surface area contributed by atoms with Gasteiger partial charge in [0.15, 0.2) is 5.82 Å². The molecule has 0 saturated carbocycles. The number of rotatable bonds is 4. The van der Waals surface area contributed by atoms with Crippen LogP contribution in [0.3, 0.4) is 0 Å². The van der Waals surface area contributed by atoms with Gasteiger partial charge < -0.3 is 14.0 Å². The van der Waals surface area contributed by atoms with Crippen molar-refractivity contribution in [2.75, 3.05) is 19.0 Å². The van der Waals surface area contributed by atoms with E-state index < -0.39 is 0 Å². The molecule has 0 unspecified atom stereocenters. The van der Waals surface area contributed by atoms with E-state index in [1.165, 1.54) is 0 Å². The van der Waals surface area contributed by atoms with Gasteiger partial charge in [0.2, 0.25) is 6.29 Å². The van der Waals surface area contributed by atoms with E-state index in [0.717, 1.165) is 33.4 Å². The van der Waals surface area contributed by atoms with E-state index in [0.29, 0.717) is 13.2 Å². The molecule has 0 N–H and O–H groups in total. The molecule has 0 aromatic carbocycles. The Bertz CT molecular complexity index is 636. The minimum absolute atomic E-state index is 0.316. The highest BCUT2D eigenvalue weighted by Crippen LogP contribution is 2.32. The summed E-state index contributed by atoms with van der Waals surface area (Å²) in [5.41, 5.74) is 3.00. The maximum atomic E-state index is 5.56. The van der Waals surface area contributed by atoms with Crippen molar-refractivity contribution in [3.63, 3.8) is 0 Å². The Hall–Kier alpha value is -1.37. The standard InChI is InChI=1S/C15H19N3O2S/c1-4-21-12-7-10(2)8-16-13(12)14-17-9-11(18(14)3)15-19-5-6-20-15/h7-9,15H,4-6H2,1-3H3. The van der Waals surface area contributed by atoms with Gasteiger partial charge in [0.05, 0.1) is 25.1 Å². The predicted octanol–water partition coefficient (Wildman–Crippen LogP) is 2.95. The Kier molecular flexibility index (Phi) is 4.28. The average molecular weight is 305 g/mol. The minimum atomic E-state index is -0.316. The number of pyridine rings is 1. The predicted molar refractivity (Wildman–Crippen MR) is 82.2 cm³/mol. The molecule has 5 nitrogen and oxygen atoms in total. The molecule has 3 rings (SSSR count). The molecule has 3 heterocycles. The minimum Gasteiger partial charge on any atom is -0.345 e. The maximum Gasteiger partial charge on any atom is 0.200 e. The SMILES string of the molecule is CCSc1cc(C)cnc1-c1ncc(C2OCCO2)n1C. The van der Waals surface area contributed by atoms with Gasteiger partial charge in [-0.2, -0.15) is 0 Å². The van der Waals surface area contributed by atoms with E-state index in [1.54, 1.807) is 11.8 Å². The summed E-state index contributed by atoms with van der Waals surface area (Å²) in [6.45, 7) is 5.46. The monoisotopic (exact) mass is 305 g/mol. The molecule has 1 saturated heterocycles. The van der Waals surface area contributed by atoms with Crippen LogP contribution in [0.2, 0.25) is 0 Å². The van der Waals surface area contributed by atoms with Gasteiger partial charge >= 0.3 is 0 Å². The fourth-order valence-corrected chi connectivity index (χ4v) is 3.23. The second-order valence-electron chi connectivity index (χ2n) is 4.93. The second-order valence-corrected chi connectivity index (χ2v) is 6.24. The van der Waals surface area contributed by atoms with Gasteiger partial charge in [-0.25, -0.2) is 4.98 Å². The van der Waals surface area contributed by atoms with Crippen molar-refractivity contribution >= 4 is 11.8 Å². The molecule has 112 valence electrons. The van der Waals surface area contributed by atoms with Crippen molar-refractivity contribution in [1.82, 2.24) is 14.5 Å². The molecule has 0 aliphatic carbocycles. The summed E-state index contributed by atoms with van der Waals surface area (Å²) in [7, 11) is 1.98. The first-order valence-corrected chi connectivity index (χ1v) is 8.04. The van der Waals surface area contributed by atoms with E-state index in [9.17, 15) is 0 Å². The van der Waals surface area contributed by atoms with Crippen molar-refractivity contribution in [1.29, 1.82) is 0 Å². The molecule has 2 aromatic heterocycles. The molecule has 0 spiro atoms. The van der Waals surface area contributed by atoms with Gasteiger partial charge in [0, 0.05) is 18.1 Å². The number of nitrogens with zero attached hydrogens (tertiary/aromatic N) is 3. The highest BCUT2D eigenvalue weighted by molar-refractivity contribution is 7.99. The fourth-order valence-electron chi connectivity index (χ4n) is 2.37. The van der Waals surface area contributed by atoms with Crippen LogP contribution in [0.5, 0.6) is 0 Å². The van der Waals surface area contributed by atoms with Crippen LogP contribution in [0, 0.1) is 6.92 Å². The highest BCUT2D eigenvalue weighted by atomic mass is 32.2. The van der Waals surface area contributed by atoms with Crippen LogP contribution < -0.4 is 0 Å². The lowest BCUT2D eigenvalue weighted by Crippen LogP contribution is -2.06. The molecule has 0 radical (unpaired) electrons. The number of thioether (sulfide) groups is 1. The van der Waals surface area contributed by atoms with Crippen molar-refractivity contribution in [3.8, 4) is 11.5 Å². The normalized spacial score (nSPS) is 15.8. The number of ether oxygens (including phenoxy) is 2. The average Bonchev–Trinajstić information content (AvgIpc) is 3.09. The number of hydrogen-bond donors (Lipinski definition) is 0. The van der Waals surface area contributed by atoms with Crippen LogP contribution >= 0.6 is 11.8 Å². The summed E-state index contributed by atoms with van der Waals surface area (Å²) in [5.74, 6) is 1.85. The quantitative estimate of drug-likeness (QED) is 0.813. The summed E-state index contributed by atoms with van der Waals surface area (Å²) in [4.78, 5) is 10.3.